The van der Waals surface area contributed by atoms with Crippen molar-refractivity contribution in [2.24, 2.45) is 0 Å². The molecule has 0 aromatic heterocycles. The molecular weight excluding hydrogens is 252 g/mol. The number of amides is 1. The summed E-state index contributed by atoms with van der Waals surface area (Å²) in [5, 5.41) is 12.4. The zero-order chi connectivity index (χ0) is 14.4. The minimum Gasteiger partial charge on any atom is -0.396 e. The number of piperidine rings is 1. The van der Waals surface area contributed by atoms with Crippen molar-refractivity contribution in [2.45, 2.75) is 38.6 Å². The molecule has 1 saturated heterocycles. The van der Waals surface area contributed by atoms with E-state index in [1.165, 1.54) is 0 Å². The van der Waals surface area contributed by atoms with Crippen LogP contribution in [0.15, 0.2) is 24.3 Å². The van der Waals surface area contributed by atoms with Crippen LogP contribution in [0.25, 0.3) is 0 Å². The van der Waals surface area contributed by atoms with Gasteiger partial charge in [0.1, 0.15) is 0 Å². The molecule has 1 aromatic rings. The molecule has 20 heavy (non-hydrogen) atoms. The summed E-state index contributed by atoms with van der Waals surface area (Å²) in [6, 6.07) is 7.85. The Kier molecular flexibility index (Phi) is 5.41. The lowest BCUT2D eigenvalue weighted by atomic mass is 9.98. The fraction of sp³-hybridized carbons (Fsp3) is 0.562. The Labute approximate surface area is 120 Å². The lowest BCUT2D eigenvalue weighted by Crippen LogP contribution is -2.44. The summed E-state index contributed by atoms with van der Waals surface area (Å²) in [6.45, 7) is 3.76. The maximum absolute atomic E-state index is 12.8. The van der Waals surface area contributed by atoms with Gasteiger partial charge in [0.25, 0.3) is 5.91 Å². The second-order valence-electron chi connectivity index (χ2n) is 5.24. The average molecular weight is 276 g/mol. The molecule has 2 rings (SSSR count). The molecule has 1 unspecified atom stereocenters. The number of carbonyl (C=O) groups is 1. The van der Waals surface area contributed by atoms with E-state index >= 15 is 0 Å². The highest BCUT2D eigenvalue weighted by Crippen LogP contribution is 2.24. The van der Waals surface area contributed by atoms with Gasteiger partial charge in [-0.1, -0.05) is 12.1 Å². The molecule has 1 aromatic carbocycles. The number of aliphatic hydroxyl groups excluding tert-OH is 1. The number of nitrogens with one attached hydrogen (secondary N) is 1. The van der Waals surface area contributed by atoms with Crippen molar-refractivity contribution >= 4 is 11.6 Å². The fourth-order valence-corrected chi connectivity index (χ4v) is 2.89. The van der Waals surface area contributed by atoms with Crippen LogP contribution in [0.1, 0.15) is 43.0 Å². The molecule has 4 heteroatoms. The number of rotatable bonds is 5. The minimum atomic E-state index is 0.0831. The molecule has 0 aliphatic carbocycles. The number of hydrogen-bond acceptors (Lipinski definition) is 3. The molecule has 1 fully saturated rings. The van der Waals surface area contributed by atoms with Crippen molar-refractivity contribution in [3.8, 4) is 0 Å². The number of aliphatic hydroxyl groups is 1. The van der Waals surface area contributed by atoms with Crippen molar-refractivity contribution < 1.29 is 9.90 Å². The van der Waals surface area contributed by atoms with Crippen molar-refractivity contribution in [3.05, 3.63) is 29.8 Å². The summed E-state index contributed by atoms with van der Waals surface area (Å²) in [6.07, 6.45) is 3.87. The smallest absolute Gasteiger partial charge is 0.256 e. The molecule has 1 amide bonds. The van der Waals surface area contributed by atoms with Crippen LogP contribution in [-0.2, 0) is 0 Å². The number of benzene rings is 1. The van der Waals surface area contributed by atoms with E-state index in [0.717, 1.165) is 43.6 Å². The highest BCUT2D eigenvalue weighted by Gasteiger charge is 2.28. The van der Waals surface area contributed by atoms with E-state index in [9.17, 15) is 9.90 Å². The van der Waals surface area contributed by atoms with Gasteiger partial charge in [0.05, 0.1) is 5.56 Å². The summed E-state index contributed by atoms with van der Waals surface area (Å²) >= 11 is 0. The third kappa shape index (κ3) is 3.31. The van der Waals surface area contributed by atoms with Gasteiger partial charge in [-0.2, -0.15) is 0 Å². The predicted octanol–water partition coefficient (Wildman–Crippen LogP) is 2.50. The molecule has 1 heterocycles. The quantitative estimate of drug-likeness (QED) is 0.868. The second-order valence-corrected chi connectivity index (χ2v) is 5.24. The summed E-state index contributed by atoms with van der Waals surface area (Å²) in [5.74, 6) is 0.0831. The third-order valence-electron chi connectivity index (χ3n) is 3.88. The van der Waals surface area contributed by atoms with Gasteiger partial charge in [0.2, 0.25) is 0 Å². The SMILES string of the molecule is CCNc1ccccc1C(=O)N1CCCCC1CCO. The Bertz CT molecular complexity index is 446. The van der Waals surface area contributed by atoms with Crippen molar-refractivity contribution in [2.75, 3.05) is 25.0 Å². The average Bonchev–Trinajstić information content (AvgIpc) is 2.48. The maximum Gasteiger partial charge on any atom is 0.256 e. The van der Waals surface area contributed by atoms with Crippen molar-refractivity contribution in [1.82, 2.24) is 4.90 Å². The number of nitrogens with zero attached hydrogens (tertiary/aromatic N) is 1. The molecule has 0 saturated carbocycles. The van der Waals surface area contributed by atoms with Crippen molar-refractivity contribution in [3.63, 3.8) is 0 Å². The Hall–Kier alpha value is -1.55. The van der Waals surface area contributed by atoms with Gasteiger partial charge >= 0.3 is 0 Å². The molecule has 0 radical (unpaired) electrons. The van der Waals surface area contributed by atoms with Crippen LogP contribution in [0.5, 0.6) is 0 Å². The normalized spacial score (nSPS) is 18.9. The molecular formula is C16H24N2O2. The Morgan fingerprint density at radius 3 is 2.95 bits per heavy atom. The topological polar surface area (TPSA) is 52.6 Å². The van der Waals surface area contributed by atoms with Crippen LogP contribution in [0.3, 0.4) is 0 Å². The fourth-order valence-electron chi connectivity index (χ4n) is 2.89. The van der Waals surface area contributed by atoms with Gasteiger partial charge in [-0.25, -0.2) is 0 Å². The molecule has 0 spiro atoms. The number of hydrogen-bond donors (Lipinski definition) is 2. The first-order valence-electron chi connectivity index (χ1n) is 7.52. The first kappa shape index (κ1) is 14.9. The van der Waals surface area contributed by atoms with Gasteiger partial charge in [-0.3, -0.25) is 4.79 Å². The Morgan fingerprint density at radius 1 is 1.40 bits per heavy atom. The van der Waals surface area contributed by atoms with Gasteiger partial charge < -0.3 is 15.3 Å². The number of likely N-dealkylation sites (tertiary alicyclic amines) is 1. The molecule has 110 valence electrons. The molecule has 0 bridgehead atoms. The number of anilines is 1. The van der Waals surface area contributed by atoms with Crippen LogP contribution >= 0.6 is 0 Å². The minimum absolute atomic E-state index is 0.0831. The maximum atomic E-state index is 12.8. The van der Waals surface area contributed by atoms with Crippen molar-refractivity contribution in [1.29, 1.82) is 0 Å². The molecule has 1 aliphatic rings. The van der Waals surface area contributed by atoms with Crippen LogP contribution in [0, 0.1) is 0 Å². The van der Waals surface area contributed by atoms with E-state index in [-0.39, 0.29) is 18.6 Å². The first-order chi connectivity index (χ1) is 9.77. The predicted molar refractivity (Wildman–Crippen MR) is 81.0 cm³/mol. The monoisotopic (exact) mass is 276 g/mol. The van der Waals surface area contributed by atoms with Gasteiger partial charge in [-0.15, -0.1) is 0 Å². The van der Waals surface area contributed by atoms with Crippen LogP contribution in [0.4, 0.5) is 5.69 Å². The van der Waals surface area contributed by atoms with E-state index in [2.05, 4.69) is 5.32 Å². The second kappa shape index (κ2) is 7.29. The molecule has 1 atom stereocenters. The summed E-state index contributed by atoms with van der Waals surface area (Å²) < 4.78 is 0. The Morgan fingerprint density at radius 2 is 2.20 bits per heavy atom. The van der Waals surface area contributed by atoms with E-state index < -0.39 is 0 Å². The van der Waals surface area contributed by atoms with E-state index in [1.807, 2.05) is 36.1 Å². The first-order valence-corrected chi connectivity index (χ1v) is 7.52. The van der Waals surface area contributed by atoms with Gasteiger partial charge in [0, 0.05) is 31.4 Å². The zero-order valence-electron chi connectivity index (χ0n) is 12.1. The van der Waals surface area contributed by atoms with Crippen LogP contribution in [0.2, 0.25) is 0 Å². The zero-order valence-corrected chi connectivity index (χ0v) is 12.1. The van der Waals surface area contributed by atoms with E-state index in [0.29, 0.717) is 6.42 Å². The molecule has 2 N–H and O–H groups in total. The largest absolute Gasteiger partial charge is 0.396 e. The standard InChI is InChI=1S/C16H24N2O2/c1-2-17-15-9-4-3-8-14(15)16(20)18-11-6-5-7-13(18)10-12-19/h3-4,8-9,13,17,19H,2,5-7,10-12H2,1H3. The highest BCUT2D eigenvalue weighted by molar-refractivity contribution is 5.99. The highest BCUT2D eigenvalue weighted by atomic mass is 16.3. The molecule has 4 nitrogen and oxygen atoms in total. The van der Waals surface area contributed by atoms with Gasteiger partial charge in [0.15, 0.2) is 0 Å². The summed E-state index contributed by atoms with van der Waals surface area (Å²) in [7, 11) is 0. The van der Waals surface area contributed by atoms with E-state index in [1.54, 1.807) is 0 Å². The van der Waals surface area contributed by atoms with E-state index in [4.69, 9.17) is 0 Å². The number of carbonyl (C=O) groups excluding carboxylic acids is 1. The lowest BCUT2D eigenvalue weighted by Gasteiger charge is -2.36. The Balaban J connectivity index is 2.20. The lowest BCUT2D eigenvalue weighted by molar-refractivity contribution is 0.0575. The summed E-state index contributed by atoms with van der Waals surface area (Å²) in [4.78, 5) is 14.7. The van der Waals surface area contributed by atoms with Crippen LogP contribution in [-0.4, -0.2) is 41.7 Å². The summed E-state index contributed by atoms with van der Waals surface area (Å²) in [5.41, 5.74) is 1.63. The van der Waals surface area contributed by atoms with Gasteiger partial charge in [-0.05, 0) is 44.7 Å². The third-order valence-corrected chi connectivity index (χ3v) is 3.88. The number of para-hydroxylation sites is 1. The van der Waals surface area contributed by atoms with Crippen LogP contribution < -0.4 is 5.32 Å². The molecule has 1 aliphatic heterocycles.